The van der Waals surface area contributed by atoms with Crippen LogP contribution in [0.2, 0.25) is 0 Å². The lowest BCUT2D eigenvalue weighted by Crippen LogP contribution is -2.53. The maximum Gasteiger partial charge on any atom is 0.0175 e. The van der Waals surface area contributed by atoms with E-state index in [1.807, 2.05) is 0 Å². The minimum absolute atomic E-state index is 0.592. The minimum atomic E-state index is 0.592. The van der Waals surface area contributed by atoms with Crippen LogP contribution in [0, 0.1) is 52.3 Å². The molecule has 0 amide bonds. The molecule has 182 valence electrons. The monoisotopic (exact) mass is 439 g/mol. The number of rotatable bonds is 6. The van der Waals surface area contributed by atoms with E-state index in [1.165, 1.54) is 83.7 Å². The van der Waals surface area contributed by atoms with Crippen molar-refractivity contribution < 1.29 is 0 Å². The molecule has 32 heavy (non-hydrogen) atoms. The lowest BCUT2D eigenvalue weighted by atomic mass is 9.45. The molecule has 0 aromatic rings. The summed E-state index contributed by atoms with van der Waals surface area (Å²) in [5.41, 5.74) is 2.97. The molecule has 1 heteroatoms. The number of hydrogen-bond donors (Lipinski definition) is 0. The van der Waals surface area contributed by atoms with Gasteiger partial charge in [0.05, 0.1) is 0 Å². The third-order valence-electron chi connectivity index (χ3n) is 12.0. The fourth-order valence-corrected chi connectivity index (χ4v) is 10.1. The van der Waals surface area contributed by atoms with Gasteiger partial charge in [0.1, 0.15) is 0 Å². The van der Waals surface area contributed by atoms with Crippen molar-refractivity contribution in [3.8, 4) is 0 Å². The Hall–Kier alpha value is -0.460. The second-order valence-corrected chi connectivity index (χ2v) is 14.0. The van der Waals surface area contributed by atoms with Gasteiger partial charge in [0.2, 0.25) is 0 Å². The Kier molecular flexibility index (Phi) is 6.52. The molecule has 8 atom stereocenters. The Labute approximate surface area is 200 Å². The molecule has 1 aliphatic heterocycles. The van der Waals surface area contributed by atoms with Gasteiger partial charge in [-0.15, -0.1) is 0 Å². The molecule has 3 saturated carbocycles. The fraction of sp³-hybridized carbons (Fsp3) is 0.935. The zero-order chi connectivity index (χ0) is 22.5. The molecule has 0 bridgehead atoms. The van der Waals surface area contributed by atoms with Gasteiger partial charge in [0.15, 0.2) is 0 Å². The third-order valence-corrected chi connectivity index (χ3v) is 12.0. The van der Waals surface area contributed by atoms with E-state index in [9.17, 15) is 0 Å². The van der Waals surface area contributed by atoms with Crippen LogP contribution in [0.15, 0.2) is 11.8 Å². The van der Waals surface area contributed by atoms with Crippen LogP contribution in [0.3, 0.4) is 0 Å². The SMILES string of the molecule is CC(C)CCC[C@H](C)[C@@H]1CC[C@@H]2[C@H]3CC[C@H]4CC(N5CCCC5)=CC[C@]4(C)[C@@H]3CC[C@@]21C. The second kappa shape index (κ2) is 8.96. The quantitative estimate of drug-likeness (QED) is 0.400. The number of nitrogens with zero attached hydrogens (tertiary/aromatic N) is 1. The van der Waals surface area contributed by atoms with Gasteiger partial charge in [-0.05, 0) is 116 Å². The second-order valence-electron chi connectivity index (χ2n) is 14.0. The molecule has 5 rings (SSSR count). The van der Waals surface area contributed by atoms with Crippen LogP contribution in [0.4, 0.5) is 0 Å². The first kappa shape index (κ1) is 23.3. The predicted octanol–water partition coefficient (Wildman–Crippen LogP) is 8.70. The van der Waals surface area contributed by atoms with Gasteiger partial charge in [0.25, 0.3) is 0 Å². The van der Waals surface area contributed by atoms with Crippen molar-refractivity contribution in [2.24, 2.45) is 52.3 Å². The number of allylic oxidation sites excluding steroid dienone is 2. The molecule has 1 saturated heterocycles. The maximum atomic E-state index is 2.76. The van der Waals surface area contributed by atoms with E-state index in [-0.39, 0.29) is 0 Å². The lowest BCUT2D eigenvalue weighted by Gasteiger charge is -2.60. The summed E-state index contributed by atoms with van der Waals surface area (Å²) in [5.74, 6) is 6.83. The molecule has 0 N–H and O–H groups in total. The zero-order valence-corrected chi connectivity index (χ0v) is 22.2. The van der Waals surface area contributed by atoms with Crippen molar-refractivity contribution in [3.05, 3.63) is 11.8 Å². The maximum absolute atomic E-state index is 2.76. The van der Waals surface area contributed by atoms with Gasteiger partial charge in [-0.2, -0.15) is 0 Å². The lowest BCUT2D eigenvalue weighted by molar-refractivity contribution is -0.103. The zero-order valence-electron chi connectivity index (χ0n) is 22.2. The molecule has 1 heterocycles. The summed E-state index contributed by atoms with van der Waals surface area (Å²) >= 11 is 0. The summed E-state index contributed by atoms with van der Waals surface area (Å²) in [6.45, 7) is 15.6. The highest BCUT2D eigenvalue weighted by atomic mass is 15.1. The van der Waals surface area contributed by atoms with Gasteiger partial charge in [-0.3, -0.25) is 0 Å². The smallest absolute Gasteiger partial charge is 0.0175 e. The van der Waals surface area contributed by atoms with Crippen LogP contribution >= 0.6 is 0 Å². The average molecular weight is 440 g/mol. The minimum Gasteiger partial charge on any atom is -0.375 e. The van der Waals surface area contributed by atoms with Crippen LogP contribution in [-0.2, 0) is 0 Å². The first-order valence-electron chi connectivity index (χ1n) is 14.8. The van der Waals surface area contributed by atoms with Crippen molar-refractivity contribution in [2.45, 2.75) is 118 Å². The number of fused-ring (bicyclic) bond motifs is 5. The largest absolute Gasteiger partial charge is 0.375 e. The van der Waals surface area contributed by atoms with Crippen LogP contribution < -0.4 is 0 Å². The topological polar surface area (TPSA) is 3.24 Å². The summed E-state index contributed by atoms with van der Waals surface area (Å²) in [4.78, 5) is 2.74. The third kappa shape index (κ3) is 3.90. The molecule has 4 fully saturated rings. The summed E-state index contributed by atoms with van der Waals surface area (Å²) in [7, 11) is 0. The Balaban J connectivity index is 1.28. The normalized spacial score (nSPS) is 44.8. The van der Waals surface area contributed by atoms with E-state index in [2.05, 4.69) is 45.6 Å². The summed E-state index contributed by atoms with van der Waals surface area (Å²) < 4.78 is 0. The first-order valence-corrected chi connectivity index (χ1v) is 14.8. The Bertz CT molecular complexity index is 687. The van der Waals surface area contributed by atoms with Crippen molar-refractivity contribution >= 4 is 0 Å². The van der Waals surface area contributed by atoms with Gasteiger partial charge in [-0.25, -0.2) is 0 Å². The highest BCUT2D eigenvalue weighted by Gasteiger charge is 2.60. The standard InChI is InChI=1S/C31H53N/c1-22(2)9-8-10-23(3)27-13-14-28-26-12-11-24-21-25(32-19-6-7-20-32)15-17-30(24,4)29(26)16-18-31(27,28)5/h15,22-24,26-29H,6-14,16-21H2,1-5H3/t23-,24-,26+,27-,28+,29+,30-,31+/m0/s1. The molecule has 0 aromatic carbocycles. The first-order chi connectivity index (χ1) is 15.3. The average Bonchev–Trinajstić information content (AvgIpc) is 3.40. The van der Waals surface area contributed by atoms with Gasteiger partial charge < -0.3 is 4.90 Å². The van der Waals surface area contributed by atoms with Crippen molar-refractivity contribution in [1.29, 1.82) is 0 Å². The highest BCUT2D eigenvalue weighted by Crippen LogP contribution is 2.68. The van der Waals surface area contributed by atoms with Crippen molar-refractivity contribution in [3.63, 3.8) is 0 Å². The molecule has 5 aliphatic rings. The van der Waals surface area contributed by atoms with Gasteiger partial charge >= 0.3 is 0 Å². The van der Waals surface area contributed by atoms with Gasteiger partial charge in [0, 0.05) is 18.8 Å². The molecule has 1 nitrogen and oxygen atoms in total. The molecule has 0 radical (unpaired) electrons. The molecule has 0 aromatic heterocycles. The van der Waals surface area contributed by atoms with E-state index < -0.39 is 0 Å². The van der Waals surface area contributed by atoms with E-state index in [0.29, 0.717) is 10.8 Å². The summed E-state index contributed by atoms with van der Waals surface area (Å²) in [5, 5.41) is 0. The van der Waals surface area contributed by atoms with Gasteiger partial charge in [-0.1, -0.05) is 60.0 Å². The summed E-state index contributed by atoms with van der Waals surface area (Å²) in [6.07, 6.45) is 21.9. The predicted molar refractivity (Wildman–Crippen MR) is 137 cm³/mol. The Morgan fingerprint density at radius 3 is 2.41 bits per heavy atom. The highest BCUT2D eigenvalue weighted by molar-refractivity contribution is 5.17. The molecule has 0 spiro atoms. The Morgan fingerprint density at radius 1 is 0.906 bits per heavy atom. The van der Waals surface area contributed by atoms with Crippen molar-refractivity contribution in [2.75, 3.05) is 13.1 Å². The van der Waals surface area contributed by atoms with Crippen LogP contribution in [0.5, 0.6) is 0 Å². The fourth-order valence-electron chi connectivity index (χ4n) is 10.1. The van der Waals surface area contributed by atoms with Crippen LogP contribution in [0.1, 0.15) is 118 Å². The van der Waals surface area contributed by atoms with E-state index >= 15 is 0 Å². The van der Waals surface area contributed by atoms with E-state index in [0.717, 1.165) is 41.4 Å². The van der Waals surface area contributed by atoms with Crippen LogP contribution in [-0.4, -0.2) is 18.0 Å². The van der Waals surface area contributed by atoms with E-state index in [4.69, 9.17) is 0 Å². The Morgan fingerprint density at radius 2 is 1.66 bits per heavy atom. The molecule has 0 unspecified atom stereocenters. The number of hydrogen-bond acceptors (Lipinski definition) is 1. The molecular weight excluding hydrogens is 386 g/mol. The molecule has 4 aliphatic carbocycles. The van der Waals surface area contributed by atoms with Crippen LogP contribution in [0.25, 0.3) is 0 Å². The van der Waals surface area contributed by atoms with Crippen molar-refractivity contribution in [1.82, 2.24) is 4.90 Å². The molecular formula is C31H53N. The summed E-state index contributed by atoms with van der Waals surface area (Å²) in [6, 6.07) is 0. The van der Waals surface area contributed by atoms with E-state index in [1.54, 1.807) is 18.5 Å². The number of likely N-dealkylation sites (tertiary alicyclic amines) is 1.